The molecule has 76 valence electrons. The van der Waals surface area contributed by atoms with Crippen LogP contribution in [0, 0.1) is 17.8 Å². The van der Waals surface area contributed by atoms with Gasteiger partial charge in [0.1, 0.15) is 6.04 Å². The molecule has 4 heteroatoms. The van der Waals surface area contributed by atoms with Gasteiger partial charge in [-0.2, -0.15) is 13.2 Å². The van der Waals surface area contributed by atoms with E-state index >= 15 is 0 Å². The van der Waals surface area contributed by atoms with Gasteiger partial charge in [-0.3, -0.25) is 0 Å². The van der Waals surface area contributed by atoms with Crippen molar-refractivity contribution in [3.63, 3.8) is 0 Å². The first-order chi connectivity index (χ1) is 5.97. The van der Waals surface area contributed by atoms with E-state index in [0.29, 0.717) is 0 Å². The summed E-state index contributed by atoms with van der Waals surface area (Å²) in [7, 11) is 0. The van der Waals surface area contributed by atoms with E-state index in [0.717, 1.165) is 24.7 Å². The molecule has 0 radical (unpaired) electrons. The Labute approximate surface area is 75.5 Å². The normalized spacial score (nSPS) is 40.2. The van der Waals surface area contributed by atoms with Crippen LogP contribution in [0.1, 0.15) is 25.7 Å². The number of alkyl halides is 3. The molecule has 0 aliphatic heterocycles. The Kier molecular flexibility index (Phi) is 2.06. The predicted molar refractivity (Wildman–Crippen MR) is 43.0 cm³/mol. The zero-order valence-corrected chi connectivity index (χ0v) is 7.35. The van der Waals surface area contributed by atoms with Gasteiger partial charge in [0, 0.05) is 0 Å². The second-order valence-electron chi connectivity index (χ2n) is 4.48. The van der Waals surface area contributed by atoms with E-state index in [2.05, 4.69) is 0 Å². The Balaban J connectivity index is 1.78. The molecule has 0 bridgehead atoms. The Morgan fingerprint density at radius 2 is 1.69 bits per heavy atom. The second kappa shape index (κ2) is 2.87. The molecule has 2 aliphatic carbocycles. The summed E-state index contributed by atoms with van der Waals surface area (Å²) in [6.45, 7) is 0. The minimum absolute atomic E-state index is 0.135. The van der Waals surface area contributed by atoms with Crippen molar-refractivity contribution in [1.82, 2.24) is 0 Å². The van der Waals surface area contributed by atoms with Crippen molar-refractivity contribution in [2.75, 3.05) is 0 Å². The number of rotatable bonds is 2. The highest BCUT2D eigenvalue weighted by molar-refractivity contribution is 4.96. The van der Waals surface area contributed by atoms with Crippen LogP contribution in [0.4, 0.5) is 13.2 Å². The molecule has 0 saturated heterocycles. The average Bonchev–Trinajstić information content (AvgIpc) is 2.57. The fourth-order valence-electron chi connectivity index (χ4n) is 2.53. The molecule has 13 heavy (non-hydrogen) atoms. The van der Waals surface area contributed by atoms with Crippen LogP contribution in [0.15, 0.2) is 0 Å². The first-order valence-corrected chi connectivity index (χ1v) is 4.79. The highest BCUT2D eigenvalue weighted by atomic mass is 19.4. The highest BCUT2D eigenvalue weighted by Crippen LogP contribution is 2.55. The van der Waals surface area contributed by atoms with Crippen molar-refractivity contribution in [1.29, 1.82) is 0 Å². The van der Waals surface area contributed by atoms with Gasteiger partial charge < -0.3 is 5.73 Å². The van der Waals surface area contributed by atoms with Crippen LogP contribution in [0.2, 0.25) is 0 Å². The Morgan fingerprint density at radius 3 is 2.15 bits per heavy atom. The summed E-state index contributed by atoms with van der Waals surface area (Å²) in [6.07, 6.45) is -0.857. The summed E-state index contributed by atoms with van der Waals surface area (Å²) in [6, 6.07) is -1.60. The van der Waals surface area contributed by atoms with Gasteiger partial charge in [0.15, 0.2) is 0 Å². The SMILES string of the molecule is NC(CC1CC2CC2C1)C(F)(F)F. The van der Waals surface area contributed by atoms with E-state index in [9.17, 15) is 13.2 Å². The lowest BCUT2D eigenvalue weighted by molar-refractivity contribution is -0.151. The van der Waals surface area contributed by atoms with Crippen LogP contribution in [0.5, 0.6) is 0 Å². The van der Waals surface area contributed by atoms with E-state index < -0.39 is 12.2 Å². The lowest BCUT2D eigenvalue weighted by Gasteiger charge is -2.19. The Hall–Kier alpha value is -0.250. The fraction of sp³-hybridized carbons (Fsp3) is 1.00. The number of hydrogen-bond donors (Lipinski definition) is 1. The summed E-state index contributed by atoms with van der Waals surface area (Å²) in [5, 5.41) is 0. The monoisotopic (exact) mass is 193 g/mol. The molecule has 2 saturated carbocycles. The lowest BCUT2D eigenvalue weighted by Crippen LogP contribution is -2.38. The molecule has 0 heterocycles. The number of halogens is 3. The van der Waals surface area contributed by atoms with Crippen LogP contribution >= 0.6 is 0 Å². The molecule has 2 fully saturated rings. The molecule has 0 amide bonds. The minimum atomic E-state index is -4.20. The van der Waals surface area contributed by atoms with Gasteiger partial charge in [-0.25, -0.2) is 0 Å². The van der Waals surface area contributed by atoms with Crippen LogP contribution in [-0.4, -0.2) is 12.2 Å². The largest absolute Gasteiger partial charge is 0.403 e. The third-order valence-electron chi connectivity index (χ3n) is 3.35. The van der Waals surface area contributed by atoms with E-state index in [1.807, 2.05) is 0 Å². The molecule has 3 unspecified atom stereocenters. The molecular weight excluding hydrogens is 179 g/mol. The van der Waals surface area contributed by atoms with Gasteiger partial charge in [0.25, 0.3) is 0 Å². The number of fused-ring (bicyclic) bond motifs is 1. The van der Waals surface area contributed by atoms with Crippen LogP contribution < -0.4 is 5.73 Å². The minimum Gasteiger partial charge on any atom is -0.320 e. The van der Waals surface area contributed by atoms with Gasteiger partial charge in [-0.05, 0) is 43.4 Å². The van der Waals surface area contributed by atoms with Gasteiger partial charge in [-0.1, -0.05) is 0 Å². The zero-order valence-electron chi connectivity index (χ0n) is 7.35. The molecule has 0 spiro atoms. The van der Waals surface area contributed by atoms with Gasteiger partial charge in [0.05, 0.1) is 0 Å². The van der Waals surface area contributed by atoms with Crippen LogP contribution in [-0.2, 0) is 0 Å². The molecule has 2 aliphatic rings. The molecule has 0 aromatic rings. The van der Waals surface area contributed by atoms with Gasteiger partial charge >= 0.3 is 6.18 Å². The number of nitrogens with two attached hydrogens (primary N) is 1. The summed E-state index contributed by atoms with van der Waals surface area (Å²) in [4.78, 5) is 0. The van der Waals surface area contributed by atoms with Gasteiger partial charge in [-0.15, -0.1) is 0 Å². The molecule has 0 aromatic carbocycles. The highest BCUT2D eigenvalue weighted by Gasteiger charge is 2.48. The second-order valence-corrected chi connectivity index (χ2v) is 4.48. The molecule has 2 N–H and O–H groups in total. The summed E-state index contributed by atoms with van der Waals surface area (Å²) >= 11 is 0. The van der Waals surface area contributed by atoms with E-state index in [4.69, 9.17) is 5.73 Å². The summed E-state index contributed by atoms with van der Waals surface area (Å²) in [5.74, 6) is 1.72. The third-order valence-corrected chi connectivity index (χ3v) is 3.35. The van der Waals surface area contributed by atoms with E-state index in [1.165, 1.54) is 6.42 Å². The molecule has 2 rings (SSSR count). The molecular formula is C9H14F3N. The maximum absolute atomic E-state index is 12.1. The maximum Gasteiger partial charge on any atom is 0.403 e. The molecule has 1 nitrogen and oxygen atoms in total. The first kappa shape index (κ1) is 9.31. The predicted octanol–water partition coefficient (Wildman–Crippen LogP) is 2.31. The topological polar surface area (TPSA) is 26.0 Å². The van der Waals surface area contributed by atoms with Gasteiger partial charge in [0.2, 0.25) is 0 Å². The Morgan fingerprint density at radius 1 is 1.15 bits per heavy atom. The summed E-state index contributed by atoms with van der Waals surface area (Å²) < 4.78 is 36.3. The van der Waals surface area contributed by atoms with Crippen molar-refractivity contribution in [2.45, 2.75) is 37.9 Å². The summed E-state index contributed by atoms with van der Waals surface area (Å²) in [5.41, 5.74) is 5.07. The van der Waals surface area contributed by atoms with Crippen molar-refractivity contribution in [2.24, 2.45) is 23.5 Å². The van der Waals surface area contributed by atoms with Crippen LogP contribution in [0.3, 0.4) is 0 Å². The van der Waals surface area contributed by atoms with E-state index in [1.54, 1.807) is 0 Å². The average molecular weight is 193 g/mol. The van der Waals surface area contributed by atoms with E-state index in [-0.39, 0.29) is 12.3 Å². The third kappa shape index (κ3) is 1.98. The zero-order chi connectivity index (χ0) is 9.64. The first-order valence-electron chi connectivity index (χ1n) is 4.79. The van der Waals surface area contributed by atoms with Crippen LogP contribution in [0.25, 0.3) is 0 Å². The maximum atomic E-state index is 12.1. The van der Waals surface area contributed by atoms with Crippen molar-refractivity contribution in [3.8, 4) is 0 Å². The number of hydrogen-bond acceptors (Lipinski definition) is 1. The fourth-order valence-corrected chi connectivity index (χ4v) is 2.53. The van der Waals surface area contributed by atoms with Crippen molar-refractivity contribution < 1.29 is 13.2 Å². The molecule has 0 aromatic heterocycles. The standard InChI is InChI=1S/C9H14F3N/c10-9(11,12)8(13)3-5-1-6-4-7(6)2-5/h5-8H,1-4,13H2. The smallest absolute Gasteiger partial charge is 0.320 e. The molecule has 3 atom stereocenters. The Bertz CT molecular complexity index is 192. The van der Waals surface area contributed by atoms with Crippen molar-refractivity contribution in [3.05, 3.63) is 0 Å². The van der Waals surface area contributed by atoms with Crippen molar-refractivity contribution >= 4 is 0 Å². The lowest BCUT2D eigenvalue weighted by atomic mass is 9.95. The quantitative estimate of drug-likeness (QED) is 0.715.